The van der Waals surface area contributed by atoms with E-state index in [2.05, 4.69) is 5.32 Å². The van der Waals surface area contributed by atoms with Crippen LogP contribution >= 0.6 is 0 Å². The van der Waals surface area contributed by atoms with Gasteiger partial charge in [0.05, 0.1) is 18.6 Å². The van der Waals surface area contributed by atoms with Crippen molar-refractivity contribution >= 4 is 5.91 Å². The average molecular weight is 273 g/mol. The molecule has 1 aromatic heterocycles. The van der Waals surface area contributed by atoms with Crippen LogP contribution in [0.1, 0.15) is 39.6 Å². The van der Waals surface area contributed by atoms with Crippen LogP contribution in [-0.4, -0.2) is 17.6 Å². The number of rotatable bonds is 5. The molecule has 2 rings (SSSR count). The quantitative estimate of drug-likeness (QED) is 0.880. The molecule has 1 amide bonds. The SMILES string of the molecule is Cc1ccc(C)c(C(=O)NCC[C@H](O)c2ccoc2)c1. The Morgan fingerprint density at radius 3 is 2.85 bits per heavy atom. The number of furan rings is 1. The van der Waals surface area contributed by atoms with E-state index in [1.807, 2.05) is 32.0 Å². The van der Waals surface area contributed by atoms with Crippen molar-refractivity contribution in [1.29, 1.82) is 0 Å². The fourth-order valence-corrected chi connectivity index (χ4v) is 2.03. The minimum atomic E-state index is -0.618. The number of carbonyl (C=O) groups is 1. The molecule has 106 valence electrons. The molecule has 1 atom stereocenters. The third kappa shape index (κ3) is 3.48. The molecule has 1 aromatic carbocycles. The first kappa shape index (κ1) is 14.3. The molecule has 0 saturated carbocycles. The molecule has 0 aliphatic carbocycles. The summed E-state index contributed by atoms with van der Waals surface area (Å²) in [5, 5.41) is 12.7. The van der Waals surface area contributed by atoms with E-state index in [0.717, 1.165) is 16.7 Å². The molecule has 2 N–H and O–H groups in total. The molecule has 20 heavy (non-hydrogen) atoms. The second kappa shape index (κ2) is 6.39. The van der Waals surface area contributed by atoms with Crippen LogP contribution in [0.5, 0.6) is 0 Å². The Bertz CT molecular complexity index is 575. The summed E-state index contributed by atoms with van der Waals surface area (Å²) in [5.41, 5.74) is 3.41. The maximum atomic E-state index is 12.1. The van der Waals surface area contributed by atoms with E-state index in [4.69, 9.17) is 4.42 Å². The van der Waals surface area contributed by atoms with Gasteiger partial charge in [-0.15, -0.1) is 0 Å². The van der Waals surface area contributed by atoms with Crippen molar-refractivity contribution in [2.45, 2.75) is 26.4 Å². The van der Waals surface area contributed by atoms with Crippen LogP contribution in [0.2, 0.25) is 0 Å². The van der Waals surface area contributed by atoms with Gasteiger partial charge in [0.15, 0.2) is 0 Å². The lowest BCUT2D eigenvalue weighted by Gasteiger charge is -2.11. The Labute approximate surface area is 118 Å². The van der Waals surface area contributed by atoms with Gasteiger partial charge in [-0.2, -0.15) is 0 Å². The smallest absolute Gasteiger partial charge is 0.251 e. The Kier molecular flexibility index (Phi) is 4.58. The molecule has 0 saturated heterocycles. The van der Waals surface area contributed by atoms with Crippen molar-refractivity contribution in [3.63, 3.8) is 0 Å². The topological polar surface area (TPSA) is 62.5 Å². The summed E-state index contributed by atoms with van der Waals surface area (Å²) < 4.78 is 4.91. The Morgan fingerprint density at radius 2 is 2.15 bits per heavy atom. The van der Waals surface area contributed by atoms with Gasteiger partial charge in [-0.3, -0.25) is 4.79 Å². The molecule has 0 spiro atoms. The third-order valence-corrected chi connectivity index (χ3v) is 3.27. The molecular formula is C16H19NO3. The molecule has 2 aromatic rings. The monoisotopic (exact) mass is 273 g/mol. The zero-order chi connectivity index (χ0) is 14.5. The zero-order valence-electron chi connectivity index (χ0n) is 11.7. The Morgan fingerprint density at radius 1 is 1.35 bits per heavy atom. The van der Waals surface area contributed by atoms with Gasteiger partial charge in [0, 0.05) is 17.7 Å². The van der Waals surface area contributed by atoms with Crippen LogP contribution in [0, 0.1) is 13.8 Å². The number of nitrogens with one attached hydrogen (secondary N) is 1. The first-order valence-corrected chi connectivity index (χ1v) is 6.63. The summed E-state index contributed by atoms with van der Waals surface area (Å²) in [5.74, 6) is -0.106. The standard InChI is InChI=1S/C16H19NO3/c1-11-3-4-12(2)14(9-11)16(19)17-7-5-15(18)13-6-8-20-10-13/h3-4,6,8-10,15,18H,5,7H2,1-2H3,(H,17,19)/t15-/m0/s1. The Hall–Kier alpha value is -2.07. The van der Waals surface area contributed by atoms with Gasteiger partial charge in [-0.1, -0.05) is 17.7 Å². The van der Waals surface area contributed by atoms with E-state index in [1.165, 1.54) is 12.5 Å². The second-order valence-corrected chi connectivity index (χ2v) is 4.94. The fraction of sp³-hybridized carbons (Fsp3) is 0.312. The molecule has 1 heterocycles. The van der Waals surface area contributed by atoms with Crippen LogP contribution < -0.4 is 5.32 Å². The van der Waals surface area contributed by atoms with Crippen molar-refractivity contribution in [3.8, 4) is 0 Å². The van der Waals surface area contributed by atoms with Crippen molar-refractivity contribution in [3.05, 3.63) is 59.0 Å². The number of amides is 1. The predicted octanol–water partition coefficient (Wildman–Crippen LogP) is 2.75. The molecule has 0 fully saturated rings. The molecule has 4 heteroatoms. The van der Waals surface area contributed by atoms with Gasteiger partial charge in [0.1, 0.15) is 0 Å². The first-order valence-electron chi connectivity index (χ1n) is 6.63. The van der Waals surface area contributed by atoms with Gasteiger partial charge in [-0.25, -0.2) is 0 Å². The molecule has 0 unspecified atom stereocenters. The lowest BCUT2D eigenvalue weighted by Crippen LogP contribution is -2.26. The number of aliphatic hydroxyl groups excluding tert-OH is 1. The highest BCUT2D eigenvalue weighted by Crippen LogP contribution is 2.16. The third-order valence-electron chi connectivity index (χ3n) is 3.27. The highest BCUT2D eigenvalue weighted by molar-refractivity contribution is 5.95. The maximum absolute atomic E-state index is 12.1. The van der Waals surface area contributed by atoms with Crippen LogP contribution in [0.3, 0.4) is 0 Å². The number of benzene rings is 1. The van der Waals surface area contributed by atoms with Crippen LogP contribution in [-0.2, 0) is 0 Å². The molecule has 0 aliphatic rings. The summed E-state index contributed by atoms with van der Waals surface area (Å²) >= 11 is 0. The fourth-order valence-electron chi connectivity index (χ4n) is 2.03. The lowest BCUT2D eigenvalue weighted by atomic mass is 10.0. The van der Waals surface area contributed by atoms with Crippen LogP contribution in [0.25, 0.3) is 0 Å². The average Bonchev–Trinajstić information content (AvgIpc) is 2.95. The van der Waals surface area contributed by atoms with E-state index in [0.29, 0.717) is 18.5 Å². The van der Waals surface area contributed by atoms with Gasteiger partial charge in [0.2, 0.25) is 0 Å². The summed E-state index contributed by atoms with van der Waals surface area (Å²) in [6, 6.07) is 7.51. The van der Waals surface area contributed by atoms with Gasteiger partial charge in [0.25, 0.3) is 5.91 Å². The largest absolute Gasteiger partial charge is 0.472 e. The molecule has 4 nitrogen and oxygen atoms in total. The normalized spacial score (nSPS) is 12.2. The summed E-state index contributed by atoms with van der Waals surface area (Å²) in [4.78, 5) is 12.1. The van der Waals surface area contributed by atoms with E-state index >= 15 is 0 Å². The van der Waals surface area contributed by atoms with Crippen molar-refractivity contribution < 1.29 is 14.3 Å². The molecule has 0 aliphatic heterocycles. The van der Waals surface area contributed by atoms with Crippen molar-refractivity contribution in [2.75, 3.05) is 6.54 Å². The maximum Gasteiger partial charge on any atom is 0.251 e. The first-order chi connectivity index (χ1) is 9.58. The Balaban J connectivity index is 1.88. The predicted molar refractivity (Wildman–Crippen MR) is 76.5 cm³/mol. The van der Waals surface area contributed by atoms with E-state index in [9.17, 15) is 9.90 Å². The number of carbonyl (C=O) groups excluding carboxylic acids is 1. The van der Waals surface area contributed by atoms with Gasteiger partial charge >= 0.3 is 0 Å². The number of aliphatic hydroxyl groups is 1. The minimum Gasteiger partial charge on any atom is -0.472 e. The zero-order valence-corrected chi connectivity index (χ0v) is 11.7. The van der Waals surface area contributed by atoms with E-state index in [-0.39, 0.29) is 5.91 Å². The summed E-state index contributed by atoms with van der Waals surface area (Å²) in [6.07, 6.45) is 2.87. The summed E-state index contributed by atoms with van der Waals surface area (Å²) in [6.45, 7) is 4.28. The molecule has 0 radical (unpaired) electrons. The number of aryl methyl sites for hydroxylation is 2. The lowest BCUT2D eigenvalue weighted by molar-refractivity contribution is 0.0942. The van der Waals surface area contributed by atoms with Crippen LogP contribution in [0.15, 0.2) is 41.2 Å². The van der Waals surface area contributed by atoms with Crippen molar-refractivity contribution in [1.82, 2.24) is 5.32 Å². The highest BCUT2D eigenvalue weighted by Gasteiger charge is 2.11. The summed E-state index contributed by atoms with van der Waals surface area (Å²) in [7, 11) is 0. The number of hydrogen-bond donors (Lipinski definition) is 2. The van der Waals surface area contributed by atoms with E-state index in [1.54, 1.807) is 6.07 Å². The second-order valence-electron chi connectivity index (χ2n) is 4.94. The highest BCUT2D eigenvalue weighted by atomic mass is 16.3. The minimum absolute atomic E-state index is 0.106. The molecular weight excluding hydrogens is 254 g/mol. The van der Waals surface area contributed by atoms with Crippen LogP contribution in [0.4, 0.5) is 0 Å². The number of hydrogen-bond acceptors (Lipinski definition) is 3. The van der Waals surface area contributed by atoms with E-state index < -0.39 is 6.10 Å². The molecule has 0 bridgehead atoms. The van der Waals surface area contributed by atoms with Crippen molar-refractivity contribution in [2.24, 2.45) is 0 Å². The van der Waals surface area contributed by atoms with Gasteiger partial charge in [-0.05, 0) is 38.0 Å². The van der Waals surface area contributed by atoms with Gasteiger partial charge < -0.3 is 14.8 Å².